The van der Waals surface area contributed by atoms with E-state index in [9.17, 15) is 4.79 Å². The molecule has 2 fully saturated rings. The highest BCUT2D eigenvalue weighted by Gasteiger charge is 2.36. The fourth-order valence-corrected chi connectivity index (χ4v) is 3.10. The molecule has 0 spiro atoms. The van der Waals surface area contributed by atoms with Crippen LogP contribution in [-0.2, 0) is 16.1 Å². The van der Waals surface area contributed by atoms with Gasteiger partial charge in [-0.2, -0.15) is 5.10 Å². The second-order valence-electron chi connectivity index (χ2n) is 5.29. The number of nitrogen functional groups attached to an aromatic ring is 1. The molecule has 1 aliphatic heterocycles. The van der Waals surface area contributed by atoms with Crippen LogP contribution < -0.4 is 5.73 Å². The summed E-state index contributed by atoms with van der Waals surface area (Å²) >= 11 is 0. The van der Waals surface area contributed by atoms with Crippen LogP contribution in [0.2, 0.25) is 0 Å². The number of nitrogens with two attached hydrogens (primary N) is 1. The Kier molecular flexibility index (Phi) is 3.42. The summed E-state index contributed by atoms with van der Waals surface area (Å²) in [5, 5.41) is 4.07. The van der Waals surface area contributed by atoms with Gasteiger partial charge in [0.15, 0.2) is 0 Å². The minimum atomic E-state index is 0.114. The molecule has 1 saturated carbocycles. The number of fused-ring (bicyclic) bond motifs is 1. The SMILES string of the molecule is Nc1ccn(CC(=O)N2CCOC3CCCCC32)n1. The smallest absolute Gasteiger partial charge is 0.244 e. The second-order valence-corrected chi connectivity index (χ2v) is 5.29. The zero-order valence-electron chi connectivity index (χ0n) is 11.0. The lowest BCUT2D eigenvalue weighted by atomic mass is 9.90. The van der Waals surface area contributed by atoms with Crippen LogP contribution in [0.5, 0.6) is 0 Å². The van der Waals surface area contributed by atoms with E-state index in [0.29, 0.717) is 19.0 Å². The Balaban J connectivity index is 1.67. The highest BCUT2D eigenvalue weighted by Crippen LogP contribution is 2.28. The molecule has 2 N–H and O–H groups in total. The van der Waals surface area contributed by atoms with Crippen LogP contribution >= 0.6 is 0 Å². The summed E-state index contributed by atoms with van der Waals surface area (Å²) in [4.78, 5) is 14.4. The van der Waals surface area contributed by atoms with Gasteiger partial charge in [0, 0.05) is 12.7 Å². The predicted octanol–water partition coefficient (Wildman–Crippen LogP) is 0.635. The number of amides is 1. The van der Waals surface area contributed by atoms with Crippen LogP contribution in [-0.4, -0.2) is 45.9 Å². The van der Waals surface area contributed by atoms with E-state index in [4.69, 9.17) is 10.5 Å². The van der Waals surface area contributed by atoms with Crippen LogP contribution in [0.4, 0.5) is 5.82 Å². The summed E-state index contributed by atoms with van der Waals surface area (Å²) < 4.78 is 7.38. The van der Waals surface area contributed by atoms with E-state index in [1.165, 1.54) is 12.8 Å². The van der Waals surface area contributed by atoms with E-state index in [1.807, 2.05) is 4.90 Å². The van der Waals surface area contributed by atoms with E-state index in [-0.39, 0.29) is 24.6 Å². The maximum atomic E-state index is 12.4. The molecule has 3 rings (SSSR count). The van der Waals surface area contributed by atoms with Gasteiger partial charge in [0.05, 0.1) is 18.8 Å². The fourth-order valence-electron chi connectivity index (χ4n) is 3.10. The van der Waals surface area contributed by atoms with Gasteiger partial charge in [-0.3, -0.25) is 9.48 Å². The molecule has 104 valence electrons. The summed E-state index contributed by atoms with van der Waals surface area (Å²) in [6.07, 6.45) is 6.49. The molecule has 6 heteroatoms. The Hall–Kier alpha value is -1.56. The van der Waals surface area contributed by atoms with Crippen molar-refractivity contribution in [3.05, 3.63) is 12.3 Å². The summed E-state index contributed by atoms with van der Waals surface area (Å²) in [6.45, 7) is 1.60. The third kappa shape index (κ3) is 2.58. The maximum Gasteiger partial charge on any atom is 0.244 e. The van der Waals surface area contributed by atoms with E-state index < -0.39 is 0 Å². The lowest BCUT2D eigenvalue weighted by Gasteiger charge is -2.43. The first-order chi connectivity index (χ1) is 9.24. The topological polar surface area (TPSA) is 73.4 Å². The Morgan fingerprint density at radius 3 is 3.11 bits per heavy atom. The molecule has 19 heavy (non-hydrogen) atoms. The van der Waals surface area contributed by atoms with Crippen LogP contribution in [0.1, 0.15) is 25.7 Å². The minimum absolute atomic E-state index is 0.114. The van der Waals surface area contributed by atoms with Crippen molar-refractivity contribution in [1.29, 1.82) is 0 Å². The monoisotopic (exact) mass is 264 g/mol. The Morgan fingerprint density at radius 2 is 2.32 bits per heavy atom. The number of nitrogens with zero attached hydrogens (tertiary/aromatic N) is 3. The first kappa shape index (κ1) is 12.5. The van der Waals surface area contributed by atoms with Gasteiger partial charge in [-0.05, 0) is 18.9 Å². The normalized spacial score (nSPS) is 27.1. The number of rotatable bonds is 2. The molecule has 1 saturated heterocycles. The highest BCUT2D eigenvalue weighted by atomic mass is 16.5. The van der Waals surface area contributed by atoms with Crippen molar-refractivity contribution in [3.63, 3.8) is 0 Å². The molecule has 2 aliphatic rings. The number of morpholine rings is 1. The van der Waals surface area contributed by atoms with Gasteiger partial charge < -0.3 is 15.4 Å². The zero-order chi connectivity index (χ0) is 13.2. The van der Waals surface area contributed by atoms with E-state index in [2.05, 4.69) is 5.10 Å². The van der Waals surface area contributed by atoms with Gasteiger partial charge in [-0.1, -0.05) is 12.8 Å². The van der Waals surface area contributed by atoms with Crippen molar-refractivity contribution in [2.24, 2.45) is 0 Å². The van der Waals surface area contributed by atoms with E-state index >= 15 is 0 Å². The van der Waals surface area contributed by atoms with Gasteiger partial charge in [0.25, 0.3) is 0 Å². The first-order valence-corrected chi connectivity index (χ1v) is 6.94. The standard InChI is InChI=1S/C13H20N4O2/c14-12-5-6-16(15-12)9-13(18)17-7-8-19-11-4-2-1-3-10(11)17/h5-6,10-11H,1-4,7-9H2,(H2,14,15). The average molecular weight is 264 g/mol. The van der Waals surface area contributed by atoms with Crippen molar-refractivity contribution in [2.75, 3.05) is 18.9 Å². The van der Waals surface area contributed by atoms with Crippen molar-refractivity contribution in [3.8, 4) is 0 Å². The van der Waals surface area contributed by atoms with E-state index in [1.54, 1.807) is 16.9 Å². The Labute approximate surface area is 112 Å². The molecule has 2 unspecified atom stereocenters. The molecule has 1 aromatic heterocycles. The Morgan fingerprint density at radius 1 is 1.47 bits per heavy atom. The lowest BCUT2D eigenvalue weighted by Crippen LogP contribution is -2.55. The molecular formula is C13H20N4O2. The summed E-state index contributed by atoms with van der Waals surface area (Å²) in [5.74, 6) is 0.564. The maximum absolute atomic E-state index is 12.4. The highest BCUT2D eigenvalue weighted by molar-refractivity contribution is 5.76. The summed E-state index contributed by atoms with van der Waals surface area (Å²) in [5.41, 5.74) is 5.56. The first-order valence-electron chi connectivity index (χ1n) is 6.94. The minimum Gasteiger partial charge on any atom is -0.382 e. The van der Waals surface area contributed by atoms with Crippen LogP contribution in [0, 0.1) is 0 Å². The number of ether oxygens (including phenoxy) is 1. The quantitative estimate of drug-likeness (QED) is 0.850. The molecule has 0 aromatic carbocycles. The van der Waals surface area contributed by atoms with Gasteiger partial charge in [0.1, 0.15) is 12.4 Å². The number of aromatic nitrogens is 2. The number of hydrogen-bond donors (Lipinski definition) is 1. The van der Waals surface area contributed by atoms with Crippen LogP contribution in [0.15, 0.2) is 12.3 Å². The molecule has 1 aromatic rings. The number of carbonyl (C=O) groups is 1. The lowest BCUT2D eigenvalue weighted by molar-refractivity contribution is -0.150. The van der Waals surface area contributed by atoms with Crippen molar-refractivity contribution < 1.29 is 9.53 Å². The molecule has 0 radical (unpaired) electrons. The van der Waals surface area contributed by atoms with E-state index in [0.717, 1.165) is 12.8 Å². The predicted molar refractivity (Wildman–Crippen MR) is 70.3 cm³/mol. The van der Waals surface area contributed by atoms with Gasteiger partial charge in [0.2, 0.25) is 5.91 Å². The summed E-state index contributed by atoms with van der Waals surface area (Å²) in [7, 11) is 0. The van der Waals surface area contributed by atoms with Crippen LogP contribution in [0.25, 0.3) is 0 Å². The molecule has 0 bridgehead atoms. The van der Waals surface area contributed by atoms with Crippen molar-refractivity contribution in [1.82, 2.24) is 14.7 Å². The third-order valence-corrected chi connectivity index (χ3v) is 4.01. The fraction of sp³-hybridized carbons (Fsp3) is 0.692. The number of anilines is 1. The number of hydrogen-bond acceptors (Lipinski definition) is 4. The van der Waals surface area contributed by atoms with Gasteiger partial charge in [-0.15, -0.1) is 0 Å². The van der Waals surface area contributed by atoms with Crippen LogP contribution in [0.3, 0.4) is 0 Å². The van der Waals surface area contributed by atoms with Crippen molar-refractivity contribution in [2.45, 2.75) is 44.4 Å². The van der Waals surface area contributed by atoms with Crippen molar-refractivity contribution >= 4 is 11.7 Å². The molecule has 2 atom stereocenters. The number of carbonyl (C=O) groups excluding carboxylic acids is 1. The van der Waals surface area contributed by atoms with Gasteiger partial charge >= 0.3 is 0 Å². The van der Waals surface area contributed by atoms with Gasteiger partial charge in [-0.25, -0.2) is 0 Å². The second kappa shape index (κ2) is 5.21. The average Bonchev–Trinajstić information content (AvgIpc) is 2.83. The summed E-state index contributed by atoms with van der Waals surface area (Å²) in [6, 6.07) is 1.96. The molecule has 6 nitrogen and oxygen atoms in total. The third-order valence-electron chi connectivity index (χ3n) is 4.01. The molecular weight excluding hydrogens is 244 g/mol. The molecule has 1 amide bonds. The molecule has 2 heterocycles. The largest absolute Gasteiger partial charge is 0.382 e. The Bertz CT molecular complexity index is 457. The molecule has 1 aliphatic carbocycles. The zero-order valence-corrected chi connectivity index (χ0v) is 11.0.